The number of phosphoric acid groups is 1. The Labute approximate surface area is 229 Å². The molecule has 5 atom stereocenters. The Morgan fingerprint density at radius 2 is 1.85 bits per heavy atom. The lowest BCUT2D eigenvalue weighted by atomic mass is 10.1. The van der Waals surface area contributed by atoms with Crippen molar-refractivity contribution < 1.29 is 28.0 Å². The quantitative estimate of drug-likeness (QED) is 0.0696. The van der Waals surface area contributed by atoms with Gasteiger partial charge in [-0.25, -0.2) is 9.36 Å². The van der Waals surface area contributed by atoms with E-state index < -0.39 is 50.2 Å². The van der Waals surface area contributed by atoms with Gasteiger partial charge in [0.1, 0.15) is 6.23 Å². The number of nitrogens with one attached hydrogen (secondary N) is 1. The molecule has 1 aliphatic heterocycles. The number of aryl methyl sites for hydroxylation is 1. The molecule has 14 heteroatoms. The van der Waals surface area contributed by atoms with Crippen molar-refractivity contribution in [2.45, 2.75) is 116 Å². The molecule has 0 aliphatic carbocycles. The number of phosphoric ester groups is 1. The summed E-state index contributed by atoms with van der Waals surface area (Å²) in [6, 6.07) is -0.763. The van der Waals surface area contributed by atoms with Crippen LogP contribution in [-0.4, -0.2) is 52.5 Å². The van der Waals surface area contributed by atoms with E-state index in [4.69, 9.17) is 24.1 Å². The van der Waals surface area contributed by atoms with Gasteiger partial charge in [-0.05, 0) is 25.8 Å². The molecule has 1 aromatic heterocycles. The molecule has 0 saturated carbocycles. The monoisotopic (exact) mass is 573 g/mol. The molecule has 4 unspecified atom stereocenters. The number of ether oxygens (including phenoxy) is 2. The number of hydrogen-bond donors (Lipinski definition) is 2. The minimum atomic E-state index is -4.46. The third-order valence-electron chi connectivity index (χ3n) is 6.57. The molecule has 1 fully saturated rings. The first-order valence-electron chi connectivity index (χ1n) is 13.9. The van der Waals surface area contributed by atoms with Gasteiger partial charge in [-0.3, -0.25) is 23.4 Å². The predicted molar refractivity (Wildman–Crippen MR) is 147 cm³/mol. The van der Waals surface area contributed by atoms with Gasteiger partial charge in [-0.15, -0.1) is 0 Å². The summed E-state index contributed by atoms with van der Waals surface area (Å²) in [6.45, 7) is 5.66. The number of azide groups is 1. The molecule has 2 rings (SSSR count). The van der Waals surface area contributed by atoms with E-state index in [1.54, 1.807) is 6.92 Å². The van der Waals surface area contributed by atoms with Crippen LogP contribution in [0.5, 0.6) is 0 Å². The minimum absolute atomic E-state index is 0.114. The smallest absolute Gasteiger partial charge is 0.379 e. The highest BCUT2D eigenvalue weighted by Crippen LogP contribution is 2.45. The van der Waals surface area contributed by atoms with Gasteiger partial charge in [0.15, 0.2) is 0 Å². The number of nitrogens with zero attached hydrogens (tertiary/aromatic N) is 4. The third-order valence-corrected chi connectivity index (χ3v) is 7.67. The van der Waals surface area contributed by atoms with Crippen molar-refractivity contribution in [3.8, 4) is 0 Å². The zero-order valence-corrected chi connectivity index (χ0v) is 24.2. The lowest BCUT2D eigenvalue weighted by Gasteiger charge is -2.21. The molecule has 2 heterocycles. The first kappa shape index (κ1) is 33.2. The summed E-state index contributed by atoms with van der Waals surface area (Å²) in [6.07, 6.45) is 11.3. The van der Waals surface area contributed by atoms with Crippen LogP contribution in [0.25, 0.3) is 10.4 Å². The summed E-state index contributed by atoms with van der Waals surface area (Å²) in [5.41, 5.74) is 8.00. The molecule has 1 saturated heterocycles. The van der Waals surface area contributed by atoms with Crippen LogP contribution in [0.1, 0.15) is 96.3 Å². The number of aromatic nitrogens is 2. The lowest BCUT2D eigenvalue weighted by molar-refractivity contribution is -0.0325. The number of unbranched alkanes of at least 4 members (excludes halogenated alkanes) is 9. The van der Waals surface area contributed by atoms with E-state index >= 15 is 0 Å². The molecule has 222 valence electrons. The summed E-state index contributed by atoms with van der Waals surface area (Å²) in [4.78, 5) is 39.0. The van der Waals surface area contributed by atoms with E-state index in [0.717, 1.165) is 12.8 Å². The number of rotatable bonds is 20. The van der Waals surface area contributed by atoms with Crippen LogP contribution in [0.15, 0.2) is 20.9 Å². The largest absolute Gasteiger partial charge is 0.472 e. The second kappa shape index (κ2) is 17.7. The Hall–Kier alpha value is -1.98. The van der Waals surface area contributed by atoms with Crippen LogP contribution < -0.4 is 11.2 Å². The number of H-pyrrole nitrogens is 1. The lowest BCUT2D eigenvalue weighted by Crippen LogP contribution is -2.33. The molecular weight excluding hydrogens is 529 g/mol. The summed E-state index contributed by atoms with van der Waals surface area (Å²) in [5, 5.41) is 3.66. The Morgan fingerprint density at radius 3 is 2.49 bits per heavy atom. The number of aromatic amines is 1. The maximum absolute atomic E-state index is 12.5. The molecule has 39 heavy (non-hydrogen) atoms. The van der Waals surface area contributed by atoms with Gasteiger partial charge in [-0.1, -0.05) is 69.8 Å². The summed E-state index contributed by atoms with van der Waals surface area (Å²) < 4.78 is 35.3. The summed E-state index contributed by atoms with van der Waals surface area (Å²) >= 11 is 0. The van der Waals surface area contributed by atoms with Crippen LogP contribution in [0.2, 0.25) is 0 Å². The van der Waals surface area contributed by atoms with E-state index in [1.165, 1.54) is 69.1 Å². The molecule has 0 amide bonds. The van der Waals surface area contributed by atoms with Gasteiger partial charge in [0.2, 0.25) is 0 Å². The van der Waals surface area contributed by atoms with Crippen LogP contribution in [0, 0.1) is 6.92 Å². The fourth-order valence-electron chi connectivity index (χ4n) is 4.42. The van der Waals surface area contributed by atoms with Crippen molar-refractivity contribution in [1.29, 1.82) is 0 Å². The fraction of sp³-hybridized carbons (Fsp3) is 0.840. The van der Waals surface area contributed by atoms with Gasteiger partial charge in [0.05, 0.1) is 31.5 Å². The Balaban J connectivity index is 1.69. The van der Waals surface area contributed by atoms with Gasteiger partial charge in [0, 0.05) is 29.7 Å². The fourth-order valence-corrected chi connectivity index (χ4v) is 5.33. The predicted octanol–water partition coefficient (Wildman–Crippen LogP) is 5.27. The van der Waals surface area contributed by atoms with Crippen LogP contribution >= 0.6 is 7.82 Å². The van der Waals surface area contributed by atoms with E-state index in [-0.39, 0.29) is 13.0 Å². The number of hydrogen-bond acceptors (Lipinski definition) is 8. The highest BCUT2D eigenvalue weighted by atomic mass is 31.2. The van der Waals surface area contributed by atoms with Crippen molar-refractivity contribution in [3.63, 3.8) is 0 Å². The summed E-state index contributed by atoms with van der Waals surface area (Å²) in [5.74, 6) is 0. The topological polar surface area (TPSA) is 178 Å². The van der Waals surface area contributed by atoms with Crippen molar-refractivity contribution in [2.24, 2.45) is 5.11 Å². The average molecular weight is 574 g/mol. The molecule has 13 nitrogen and oxygen atoms in total. The van der Waals surface area contributed by atoms with Gasteiger partial charge in [0.25, 0.3) is 5.56 Å². The molecule has 2 N–H and O–H groups in total. The Kier molecular flexibility index (Phi) is 15.0. The van der Waals surface area contributed by atoms with E-state index in [9.17, 15) is 19.0 Å². The third kappa shape index (κ3) is 12.4. The maximum atomic E-state index is 12.5. The second-order valence-electron chi connectivity index (χ2n) is 10.1. The minimum Gasteiger partial charge on any atom is -0.379 e. The van der Waals surface area contributed by atoms with Crippen LogP contribution in [-0.2, 0) is 23.1 Å². The molecule has 1 aromatic rings. The first-order valence-corrected chi connectivity index (χ1v) is 15.4. The molecular formula is C25H44N5O8P. The van der Waals surface area contributed by atoms with Crippen molar-refractivity contribution in [3.05, 3.63) is 43.0 Å². The first-order chi connectivity index (χ1) is 18.7. The standard InChI is InChI=1S/C25H44N5O8P/c1-4-5-6-7-8-9-10-11-12-13-14-35-17-20(3)38-39(33,34)36-18-22-21(28-29-26)15-23(37-22)30-16-19(2)24(31)27-25(30)32/h16,20-23H,4-15,17-18H2,1-3H3,(H,33,34)(H,27,31,32)/t20-,21?,22?,23?/m1/s1. The maximum Gasteiger partial charge on any atom is 0.472 e. The molecule has 0 bridgehead atoms. The highest BCUT2D eigenvalue weighted by Gasteiger charge is 2.38. The van der Waals surface area contributed by atoms with E-state index in [0.29, 0.717) is 12.2 Å². The zero-order chi connectivity index (χ0) is 28.7. The normalized spacial score (nSPS) is 21.4. The second-order valence-corrected chi connectivity index (χ2v) is 11.5. The van der Waals surface area contributed by atoms with E-state index in [1.807, 2.05) is 0 Å². The van der Waals surface area contributed by atoms with E-state index in [2.05, 4.69) is 21.9 Å². The average Bonchev–Trinajstić information content (AvgIpc) is 3.28. The van der Waals surface area contributed by atoms with Gasteiger partial charge < -0.3 is 14.4 Å². The molecule has 0 spiro atoms. The van der Waals surface area contributed by atoms with Crippen LogP contribution in [0.3, 0.4) is 0 Å². The SMILES string of the molecule is CCCCCCCCCCCCOC[C@@H](C)OP(=O)(O)OCC1OC(n2cc(C)c(=O)[nH]c2=O)CC1N=[N+]=[N-]. The van der Waals surface area contributed by atoms with Gasteiger partial charge >= 0.3 is 13.5 Å². The highest BCUT2D eigenvalue weighted by molar-refractivity contribution is 7.47. The van der Waals surface area contributed by atoms with Crippen molar-refractivity contribution in [1.82, 2.24) is 9.55 Å². The van der Waals surface area contributed by atoms with Crippen molar-refractivity contribution in [2.75, 3.05) is 19.8 Å². The van der Waals surface area contributed by atoms with Crippen molar-refractivity contribution >= 4 is 7.82 Å². The Morgan fingerprint density at radius 1 is 1.21 bits per heavy atom. The molecule has 0 radical (unpaired) electrons. The van der Waals surface area contributed by atoms with Crippen LogP contribution in [0.4, 0.5) is 0 Å². The molecule has 1 aliphatic rings. The zero-order valence-electron chi connectivity index (χ0n) is 23.3. The summed E-state index contributed by atoms with van der Waals surface area (Å²) in [7, 11) is -4.46. The van der Waals surface area contributed by atoms with Gasteiger partial charge in [-0.2, -0.15) is 0 Å². The molecule has 0 aromatic carbocycles. The Bertz CT molecular complexity index is 1070.